The smallest absolute Gasteiger partial charge is 0.166 e. The average molecular weight is 249 g/mol. The molecule has 0 unspecified atom stereocenters. The predicted molar refractivity (Wildman–Crippen MR) is 73.1 cm³/mol. The van der Waals surface area contributed by atoms with Crippen molar-refractivity contribution in [3.63, 3.8) is 0 Å². The second-order valence-corrected chi connectivity index (χ2v) is 5.58. The van der Waals surface area contributed by atoms with Crippen LogP contribution in [0, 0.1) is 0 Å². The maximum absolute atomic E-state index is 6.22. The van der Waals surface area contributed by atoms with Gasteiger partial charge in [0.25, 0.3) is 0 Å². The number of benzene rings is 1. The van der Waals surface area contributed by atoms with E-state index in [1.54, 1.807) is 7.11 Å². The van der Waals surface area contributed by atoms with Gasteiger partial charge in [-0.1, -0.05) is 12.1 Å². The SMILES string of the molecule is COc1cccc(C(C)(C)N)c1OC1CCCC1. The zero-order valence-electron chi connectivity index (χ0n) is 11.5. The van der Waals surface area contributed by atoms with Crippen LogP contribution >= 0.6 is 0 Å². The van der Waals surface area contributed by atoms with Crippen LogP contribution in [-0.2, 0) is 5.54 Å². The van der Waals surface area contributed by atoms with E-state index >= 15 is 0 Å². The molecule has 1 saturated carbocycles. The normalized spacial score (nSPS) is 16.9. The Morgan fingerprint density at radius 2 is 1.89 bits per heavy atom. The summed E-state index contributed by atoms with van der Waals surface area (Å²) in [5, 5.41) is 0. The molecule has 1 aliphatic rings. The first-order valence-corrected chi connectivity index (χ1v) is 6.65. The highest BCUT2D eigenvalue weighted by molar-refractivity contribution is 5.49. The van der Waals surface area contributed by atoms with E-state index in [9.17, 15) is 0 Å². The standard InChI is InChI=1S/C15H23NO2/c1-15(2,16)12-9-6-10-13(17-3)14(12)18-11-7-4-5-8-11/h6,9-11H,4-5,7-8,16H2,1-3H3. The zero-order chi connectivity index (χ0) is 13.2. The highest BCUT2D eigenvalue weighted by atomic mass is 16.5. The average Bonchev–Trinajstić information content (AvgIpc) is 2.80. The quantitative estimate of drug-likeness (QED) is 0.891. The van der Waals surface area contributed by atoms with E-state index in [0.29, 0.717) is 6.10 Å². The molecule has 0 radical (unpaired) electrons. The van der Waals surface area contributed by atoms with Crippen LogP contribution in [0.15, 0.2) is 18.2 Å². The fraction of sp³-hybridized carbons (Fsp3) is 0.600. The van der Waals surface area contributed by atoms with Crippen molar-refractivity contribution in [2.75, 3.05) is 7.11 Å². The van der Waals surface area contributed by atoms with E-state index in [4.69, 9.17) is 15.2 Å². The Bertz CT molecular complexity index is 403. The van der Waals surface area contributed by atoms with Crippen LogP contribution in [0.3, 0.4) is 0 Å². The summed E-state index contributed by atoms with van der Waals surface area (Å²) in [6, 6.07) is 5.91. The third kappa shape index (κ3) is 2.78. The summed E-state index contributed by atoms with van der Waals surface area (Å²) in [5.41, 5.74) is 6.80. The molecule has 0 amide bonds. The molecule has 3 heteroatoms. The van der Waals surface area contributed by atoms with Crippen molar-refractivity contribution in [2.45, 2.75) is 51.2 Å². The van der Waals surface area contributed by atoms with E-state index in [0.717, 1.165) is 29.9 Å². The molecule has 2 N–H and O–H groups in total. The summed E-state index contributed by atoms with van der Waals surface area (Å²) in [6.45, 7) is 3.98. The largest absolute Gasteiger partial charge is 0.493 e. The summed E-state index contributed by atoms with van der Waals surface area (Å²) < 4.78 is 11.6. The van der Waals surface area contributed by atoms with E-state index in [1.807, 2.05) is 32.0 Å². The summed E-state index contributed by atoms with van der Waals surface area (Å²) in [7, 11) is 1.67. The van der Waals surface area contributed by atoms with Gasteiger partial charge in [0.2, 0.25) is 0 Å². The molecule has 0 heterocycles. The Balaban J connectivity index is 2.34. The minimum Gasteiger partial charge on any atom is -0.493 e. The van der Waals surface area contributed by atoms with Gasteiger partial charge in [0.1, 0.15) is 0 Å². The van der Waals surface area contributed by atoms with Gasteiger partial charge < -0.3 is 15.2 Å². The number of rotatable bonds is 4. The molecular formula is C15H23NO2. The Morgan fingerprint density at radius 3 is 2.44 bits per heavy atom. The number of methoxy groups -OCH3 is 1. The second-order valence-electron chi connectivity index (χ2n) is 5.58. The van der Waals surface area contributed by atoms with Gasteiger partial charge in [-0.05, 0) is 45.6 Å². The summed E-state index contributed by atoms with van der Waals surface area (Å²) in [4.78, 5) is 0. The van der Waals surface area contributed by atoms with E-state index in [1.165, 1.54) is 12.8 Å². The highest BCUT2D eigenvalue weighted by Gasteiger charge is 2.25. The number of nitrogens with two attached hydrogens (primary N) is 1. The molecule has 0 bridgehead atoms. The minimum atomic E-state index is -0.428. The number of hydrogen-bond donors (Lipinski definition) is 1. The lowest BCUT2D eigenvalue weighted by Gasteiger charge is -2.26. The van der Waals surface area contributed by atoms with Crippen LogP contribution < -0.4 is 15.2 Å². The minimum absolute atomic E-state index is 0.308. The monoisotopic (exact) mass is 249 g/mol. The summed E-state index contributed by atoms with van der Waals surface area (Å²) in [5.74, 6) is 1.59. The van der Waals surface area contributed by atoms with Crippen molar-refractivity contribution in [3.8, 4) is 11.5 Å². The van der Waals surface area contributed by atoms with Crippen LogP contribution in [0.2, 0.25) is 0 Å². The van der Waals surface area contributed by atoms with Crippen molar-refractivity contribution in [1.29, 1.82) is 0 Å². The van der Waals surface area contributed by atoms with Crippen LogP contribution in [0.4, 0.5) is 0 Å². The van der Waals surface area contributed by atoms with Gasteiger partial charge in [-0.25, -0.2) is 0 Å². The van der Waals surface area contributed by atoms with Gasteiger partial charge in [-0.15, -0.1) is 0 Å². The van der Waals surface area contributed by atoms with Crippen molar-refractivity contribution in [1.82, 2.24) is 0 Å². The van der Waals surface area contributed by atoms with Gasteiger partial charge in [-0.3, -0.25) is 0 Å². The lowest BCUT2D eigenvalue weighted by atomic mass is 9.94. The fourth-order valence-corrected chi connectivity index (χ4v) is 2.48. The summed E-state index contributed by atoms with van der Waals surface area (Å²) in [6.07, 6.45) is 5.07. The first kappa shape index (κ1) is 13.2. The molecule has 1 aliphatic carbocycles. The Labute approximate surface area is 109 Å². The van der Waals surface area contributed by atoms with Crippen LogP contribution in [-0.4, -0.2) is 13.2 Å². The first-order chi connectivity index (χ1) is 8.52. The van der Waals surface area contributed by atoms with Crippen molar-refractivity contribution < 1.29 is 9.47 Å². The fourth-order valence-electron chi connectivity index (χ4n) is 2.48. The molecule has 0 spiro atoms. The third-order valence-electron chi connectivity index (χ3n) is 3.48. The molecular weight excluding hydrogens is 226 g/mol. The Kier molecular flexibility index (Phi) is 3.81. The summed E-state index contributed by atoms with van der Waals surface area (Å²) >= 11 is 0. The lowest BCUT2D eigenvalue weighted by Crippen LogP contribution is -2.30. The molecule has 1 aromatic carbocycles. The Hall–Kier alpha value is -1.22. The van der Waals surface area contributed by atoms with E-state index in [-0.39, 0.29) is 0 Å². The van der Waals surface area contributed by atoms with E-state index < -0.39 is 5.54 Å². The predicted octanol–water partition coefficient (Wildman–Crippen LogP) is 3.21. The second kappa shape index (κ2) is 5.19. The molecule has 18 heavy (non-hydrogen) atoms. The van der Waals surface area contributed by atoms with Gasteiger partial charge >= 0.3 is 0 Å². The lowest BCUT2D eigenvalue weighted by molar-refractivity contribution is 0.195. The molecule has 1 aromatic rings. The molecule has 2 rings (SSSR count). The van der Waals surface area contributed by atoms with Crippen LogP contribution in [0.1, 0.15) is 45.1 Å². The van der Waals surface area contributed by atoms with Crippen molar-refractivity contribution >= 4 is 0 Å². The van der Waals surface area contributed by atoms with Crippen LogP contribution in [0.5, 0.6) is 11.5 Å². The van der Waals surface area contributed by atoms with E-state index in [2.05, 4.69) is 0 Å². The Morgan fingerprint density at radius 1 is 1.22 bits per heavy atom. The topological polar surface area (TPSA) is 44.5 Å². The maximum Gasteiger partial charge on any atom is 0.166 e. The van der Waals surface area contributed by atoms with Crippen molar-refractivity contribution in [2.24, 2.45) is 5.73 Å². The third-order valence-corrected chi connectivity index (χ3v) is 3.48. The number of para-hydroxylation sites is 1. The highest BCUT2D eigenvalue weighted by Crippen LogP contribution is 2.38. The first-order valence-electron chi connectivity index (χ1n) is 6.65. The molecule has 3 nitrogen and oxygen atoms in total. The molecule has 0 atom stereocenters. The maximum atomic E-state index is 6.22. The zero-order valence-corrected chi connectivity index (χ0v) is 11.5. The van der Waals surface area contributed by atoms with Crippen LogP contribution in [0.25, 0.3) is 0 Å². The van der Waals surface area contributed by atoms with Gasteiger partial charge in [0.15, 0.2) is 11.5 Å². The number of hydrogen-bond acceptors (Lipinski definition) is 3. The van der Waals surface area contributed by atoms with Gasteiger partial charge in [0.05, 0.1) is 13.2 Å². The van der Waals surface area contributed by atoms with Gasteiger partial charge in [0, 0.05) is 11.1 Å². The molecule has 0 aliphatic heterocycles. The van der Waals surface area contributed by atoms with Gasteiger partial charge in [-0.2, -0.15) is 0 Å². The molecule has 0 saturated heterocycles. The molecule has 0 aromatic heterocycles. The molecule has 100 valence electrons. The number of ether oxygens (including phenoxy) is 2. The molecule has 1 fully saturated rings. The van der Waals surface area contributed by atoms with Crippen molar-refractivity contribution in [3.05, 3.63) is 23.8 Å².